The molecule has 0 aliphatic carbocycles. The SMILES string of the molecule is CCCN(CC)CCN=C(N)NC(C)(C)C. The number of hydrogen-bond acceptors (Lipinski definition) is 2. The van der Waals surface area contributed by atoms with Crippen molar-refractivity contribution in [2.24, 2.45) is 10.7 Å². The Hall–Kier alpha value is -0.770. The van der Waals surface area contributed by atoms with Crippen molar-refractivity contribution in [1.82, 2.24) is 10.2 Å². The molecule has 16 heavy (non-hydrogen) atoms. The van der Waals surface area contributed by atoms with Gasteiger partial charge >= 0.3 is 0 Å². The van der Waals surface area contributed by atoms with Gasteiger partial charge in [0.15, 0.2) is 5.96 Å². The summed E-state index contributed by atoms with van der Waals surface area (Å²) in [6.07, 6.45) is 1.19. The van der Waals surface area contributed by atoms with Crippen LogP contribution in [0.1, 0.15) is 41.0 Å². The van der Waals surface area contributed by atoms with Gasteiger partial charge in [-0.25, -0.2) is 0 Å². The predicted molar refractivity (Wildman–Crippen MR) is 71.8 cm³/mol. The molecule has 0 bridgehead atoms. The van der Waals surface area contributed by atoms with Crippen molar-refractivity contribution in [2.75, 3.05) is 26.2 Å². The molecule has 0 aliphatic rings. The minimum absolute atomic E-state index is 0.0125. The first-order valence-electron chi connectivity index (χ1n) is 6.19. The molecular weight excluding hydrogens is 200 g/mol. The molecule has 0 saturated heterocycles. The molecule has 0 aromatic heterocycles. The smallest absolute Gasteiger partial charge is 0.189 e. The predicted octanol–water partition coefficient (Wildman–Crippen LogP) is 1.42. The van der Waals surface area contributed by atoms with Crippen molar-refractivity contribution in [3.8, 4) is 0 Å². The molecule has 0 atom stereocenters. The van der Waals surface area contributed by atoms with E-state index in [4.69, 9.17) is 5.73 Å². The fourth-order valence-electron chi connectivity index (χ4n) is 1.48. The van der Waals surface area contributed by atoms with E-state index in [1.54, 1.807) is 0 Å². The first-order valence-corrected chi connectivity index (χ1v) is 6.19. The Kier molecular flexibility index (Phi) is 7.13. The van der Waals surface area contributed by atoms with Gasteiger partial charge in [0, 0.05) is 12.1 Å². The van der Waals surface area contributed by atoms with Crippen LogP contribution in [0.2, 0.25) is 0 Å². The van der Waals surface area contributed by atoms with E-state index in [0.29, 0.717) is 5.96 Å². The van der Waals surface area contributed by atoms with Crippen molar-refractivity contribution in [2.45, 2.75) is 46.6 Å². The maximum atomic E-state index is 5.78. The van der Waals surface area contributed by atoms with E-state index < -0.39 is 0 Å². The van der Waals surface area contributed by atoms with Crippen LogP contribution in [0.25, 0.3) is 0 Å². The lowest BCUT2D eigenvalue weighted by atomic mass is 10.1. The Morgan fingerprint density at radius 3 is 2.31 bits per heavy atom. The van der Waals surface area contributed by atoms with Crippen LogP contribution in [0.15, 0.2) is 4.99 Å². The van der Waals surface area contributed by atoms with E-state index in [1.165, 1.54) is 6.42 Å². The maximum Gasteiger partial charge on any atom is 0.189 e. The third kappa shape index (κ3) is 8.53. The molecule has 0 aromatic rings. The van der Waals surface area contributed by atoms with E-state index in [1.807, 2.05) is 0 Å². The summed E-state index contributed by atoms with van der Waals surface area (Å²) in [5.74, 6) is 0.542. The van der Waals surface area contributed by atoms with Gasteiger partial charge in [0.2, 0.25) is 0 Å². The topological polar surface area (TPSA) is 53.6 Å². The van der Waals surface area contributed by atoms with E-state index in [2.05, 4.69) is 49.8 Å². The van der Waals surface area contributed by atoms with Crippen LogP contribution in [0.3, 0.4) is 0 Å². The summed E-state index contributed by atoms with van der Waals surface area (Å²) in [4.78, 5) is 6.70. The third-order valence-corrected chi connectivity index (χ3v) is 2.19. The van der Waals surface area contributed by atoms with E-state index in [0.717, 1.165) is 26.2 Å². The van der Waals surface area contributed by atoms with Crippen molar-refractivity contribution in [3.63, 3.8) is 0 Å². The van der Waals surface area contributed by atoms with Crippen molar-refractivity contribution >= 4 is 5.96 Å². The molecule has 0 amide bonds. The molecule has 0 rings (SSSR count). The number of nitrogens with zero attached hydrogens (tertiary/aromatic N) is 2. The summed E-state index contributed by atoms with van der Waals surface area (Å²) in [5.41, 5.74) is 5.77. The van der Waals surface area contributed by atoms with Gasteiger partial charge in [-0.05, 0) is 40.3 Å². The Morgan fingerprint density at radius 2 is 1.88 bits per heavy atom. The summed E-state index contributed by atoms with van der Waals surface area (Å²) in [6, 6.07) is 0. The summed E-state index contributed by atoms with van der Waals surface area (Å²) in [7, 11) is 0. The number of aliphatic imine (C=N–C) groups is 1. The Balaban J connectivity index is 3.89. The van der Waals surface area contributed by atoms with Crippen LogP contribution >= 0.6 is 0 Å². The second-order valence-electron chi connectivity index (χ2n) is 5.08. The summed E-state index contributed by atoms with van der Waals surface area (Å²) >= 11 is 0. The van der Waals surface area contributed by atoms with Gasteiger partial charge < -0.3 is 16.0 Å². The van der Waals surface area contributed by atoms with Gasteiger partial charge in [-0.2, -0.15) is 0 Å². The standard InChI is InChI=1S/C12H28N4/c1-6-9-16(7-2)10-8-14-11(13)15-12(3,4)5/h6-10H2,1-5H3,(H3,13,14,15). The number of nitrogens with one attached hydrogen (secondary N) is 1. The molecule has 4 nitrogen and oxygen atoms in total. The van der Waals surface area contributed by atoms with Crippen LogP contribution in [-0.4, -0.2) is 42.6 Å². The average molecular weight is 228 g/mol. The van der Waals surface area contributed by atoms with Gasteiger partial charge in [0.1, 0.15) is 0 Å². The summed E-state index contributed by atoms with van der Waals surface area (Å²) in [5, 5.41) is 3.15. The second kappa shape index (κ2) is 7.49. The average Bonchev–Trinajstić information content (AvgIpc) is 2.13. The highest BCUT2D eigenvalue weighted by Crippen LogP contribution is 1.97. The van der Waals surface area contributed by atoms with Crippen molar-refractivity contribution < 1.29 is 0 Å². The number of nitrogens with two attached hydrogens (primary N) is 1. The molecule has 0 aromatic carbocycles. The molecule has 0 heterocycles. The van der Waals surface area contributed by atoms with E-state index in [9.17, 15) is 0 Å². The highest BCUT2D eigenvalue weighted by atomic mass is 15.2. The molecule has 0 unspecified atom stereocenters. The Labute approximate surface area is 100 Å². The molecule has 0 radical (unpaired) electrons. The zero-order valence-corrected chi connectivity index (χ0v) is 11.5. The van der Waals surface area contributed by atoms with Crippen LogP contribution in [0, 0.1) is 0 Å². The van der Waals surface area contributed by atoms with E-state index in [-0.39, 0.29) is 5.54 Å². The first-order chi connectivity index (χ1) is 7.39. The molecule has 0 aliphatic heterocycles. The van der Waals surface area contributed by atoms with Crippen LogP contribution < -0.4 is 11.1 Å². The first kappa shape index (κ1) is 15.2. The van der Waals surface area contributed by atoms with Gasteiger partial charge in [-0.1, -0.05) is 13.8 Å². The largest absolute Gasteiger partial charge is 0.370 e. The number of rotatable bonds is 6. The number of likely N-dealkylation sites (N-methyl/N-ethyl adjacent to an activating group) is 1. The molecule has 0 spiro atoms. The van der Waals surface area contributed by atoms with Crippen LogP contribution in [0.4, 0.5) is 0 Å². The number of hydrogen-bond donors (Lipinski definition) is 2. The van der Waals surface area contributed by atoms with Crippen LogP contribution in [-0.2, 0) is 0 Å². The highest BCUT2D eigenvalue weighted by molar-refractivity contribution is 5.78. The van der Waals surface area contributed by atoms with Crippen molar-refractivity contribution in [1.29, 1.82) is 0 Å². The zero-order chi connectivity index (χ0) is 12.6. The molecule has 96 valence electrons. The van der Waals surface area contributed by atoms with E-state index >= 15 is 0 Å². The molecule has 0 saturated carbocycles. The summed E-state index contributed by atoms with van der Waals surface area (Å²) in [6.45, 7) is 14.6. The zero-order valence-electron chi connectivity index (χ0n) is 11.5. The monoisotopic (exact) mass is 228 g/mol. The normalized spacial score (nSPS) is 13.2. The third-order valence-electron chi connectivity index (χ3n) is 2.19. The van der Waals surface area contributed by atoms with Gasteiger partial charge in [0.05, 0.1) is 6.54 Å². The summed E-state index contributed by atoms with van der Waals surface area (Å²) < 4.78 is 0. The lowest BCUT2D eigenvalue weighted by molar-refractivity contribution is 0.297. The maximum absolute atomic E-state index is 5.78. The molecule has 4 heteroatoms. The fraction of sp³-hybridized carbons (Fsp3) is 0.917. The quantitative estimate of drug-likeness (QED) is 0.534. The molecule has 3 N–H and O–H groups in total. The van der Waals surface area contributed by atoms with Crippen LogP contribution in [0.5, 0.6) is 0 Å². The van der Waals surface area contributed by atoms with Gasteiger partial charge in [0.25, 0.3) is 0 Å². The number of guanidine groups is 1. The molecule has 0 fully saturated rings. The Bertz CT molecular complexity index is 206. The minimum Gasteiger partial charge on any atom is -0.370 e. The Morgan fingerprint density at radius 1 is 1.25 bits per heavy atom. The van der Waals surface area contributed by atoms with Gasteiger partial charge in [-0.3, -0.25) is 4.99 Å². The fourth-order valence-corrected chi connectivity index (χ4v) is 1.48. The minimum atomic E-state index is -0.0125. The second-order valence-corrected chi connectivity index (χ2v) is 5.08. The highest BCUT2D eigenvalue weighted by Gasteiger charge is 2.09. The van der Waals surface area contributed by atoms with Crippen molar-refractivity contribution in [3.05, 3.63) is 0 Å². The molecular formula is C12H28N4. The lowest BCUT2D eigenvalue weighted by Gasteiger charge is -2.22. The van der Waals surface area contributed by atoms with Gasteiger partial charge in [-0.15, -0.1) is 0 Å². The lowest BCUT2D eigenvalue weighted by Crippen LogP contribution is -2.45.